The van der Waals surface area contributed by atoms with Crippen molar-refractivity contribution in [1.82, 2.24) is 0 Å². The van der Waals surface area contributed by atoms with Crippen LogP contribution in [0.1, 0.15) is 16.2 Å². The van der Waals surface area contributed by atoms with Gasteiger partial charge in [-0.25, -0.2) is 0 Å². The molecule has 1 aliphatic rings. The first kappa shape index (κ1) is 12.6. The van der Waals surface area contributed by atoms with Gasteiger partial charge in [0.05, 0.1) is 10.5 Å². The van der Waals surface area contributed by atoms with Gasteiger partial charge in [0.15, 0.2) is 11.8 Å². The molecule has 0 saturated heterocycles. The molecule has 1 amide bonds. The molecule has 1 N–H and O–H groups in total. The first-order chi connectivity index (χ1) is 9.13. The molecule has 2 heterocycles. The molecular formula is C13H9BrClNO3. The number of hydrogen-bond acceptors (Lipinski definition) is 3. The molecule has 1 aromatic heterocycles. The maximum atomic E-state index is 11.3. The Labute approximate surface area is 122 Å². The Balaban J connectivity index is 1.93. The lowest BCUT2D eigenvalue weighted by Gasteiger charge is -2.19. The van der Waals surface area contributed by atoms with Crippen molar-refractivity contribution in [2.75, 3.05) is 11.9 Å². The standard InChI is InChI=1S/C13H9BrClNO3/c14-13(10-3-4-11(15)19-10)7-1-2-9-8(5-7)16-12(17)6-18-9/h1-5,13H,6H2,(H,16,17). The third-order valence-corrected chi connectivity index (χ3v) is 3.96. The Morgan fingerprint density at radius 2 is 2.16 bits per heavy atom. The van der Waals surface area contributed by atoms with Crippen molar-refractivity contribution in [2.24, 2.45) is 0 Å². The van der Waals surface area contributed by atoms with Crippen LogP contribution in [0.2, 0.25) is 5.22 Å². The third kappa shape index (κ3) is 2.48. The second-order valence-electron chi connectivity index (χ2n) is 4.10. The quantitative estimate of drug-likeness (QED) is 0.846. The number of carbonyl (C=O) groups excluding carboxylic acids is 1. The van der Waals surface area contributed by atoms with Crippen molar-refractivity contribution in [3.05, 3.63) is 46.9 Å². The van der Waals surface area contributed by atoms with Gasteiger partial charge in [-0.3, -0.25) is 4.79 Å². The Hall–Kier alpha value is -1.46. The summed E-state index contributed by atoms with van der Waals surface area (Å²) in [5.74, 6) is 1.21. The molecule has 0 saturated carbocycles. The molecule has 6 heteroatoms. The number of alkyl halides is 1. The average molecular weight is 343 g/mol. The lowest BCUT2D eigenvalue weighted by Crippen LogP contribution is -2.25. The Kier molecular flexibility index (Phi) is 3.24. The smallest absolute Gasteiger partial charge is 0.262 e. The third-order valence-electron chi connectivity index (χ3n) is 2.77. The van der Waals surface area contributed by atoms with Gasteiger partial charge in [-0.2, -0.15) is 0 Å². The maximum Gasteiger partial charge on any atom is 0.262 e. The van der Waals surface area contributed by atoms with Gasteiger partial charge < -0.3 is 14.5 Å². The second kappa shape index (κ2) is 4.90. The van der Waals surface area contributed by atoms with Crippen molar-refractivity contribution >= 4 is 39.1 Å². The van der Waals surface area contributed by atoms with Crippen LogP contribution in [-0.2, 0) is 4.79 Å². The highest BCUT2D eigenvalue weighted by atomic mass is 79.9. The highest BCUT2D eigenvalue weighted by Crippen LogP contribution is 2.37. The number of furan rings is 1. The topological polar surface area (TPSA) is 51.5 Å². The molecule has 0 fully saturated rings. The zero-order chi connectivity index (χ0) is 13.4. The molecule has 1 atom stereocenters. The van der Waals surface area contributed by atoms with E-state index in [9.17, 15) is 4.79 Å². The molecule has 0 aliphatic carbocycles. The summed E-state index contributed by atoms with van der Waals surface area (Å²) in [5.41, 5.74) is 1.60. The summed E-state index contributed by atoms with van der Waals surface area (Å²) in [6.45, 7) is 0.0535. The van der Waals surface area contributed by atoms with Gasteiger partial charge in [0, 0.05) is 0 Å². The summed E-state index contributed by atoms with van der Waals surface area (Å²) in [6, 6.07) is 9.07. The number of ether oxygens (including phenoxy) is 1. The largest absolute Gasteiger partial charge is 0.482 e. The highest BCUT2D eigenvalue weighted by Gasteiger charge is 2.20. The fraction of sp³-hybridized carbons (Fsp3) is 0.154. The van der Waals surface area contributed by atoms with Gasteiger partial charge in [0.1, 0.15) is 11.5 Å². The molecule has 1 aromatic carbocycles. The van der Waals surface area contributed by atoms with Gasteiger partial charge in [0.25, 0.3) is 5.91 Å². The molecule has 0 radical (unpaired) electrons. The SMILES string of the molecule is O=C1COc2ccc(C(Br)c3ccc(Cl)o3)cc2N1. The number of halogens is 2. The van der Waals surface area contributed by atoms with E-state index in [-0.39, 0.29) is 17.3 Å². The van der Waals surface area contributed by atoms with Crippen molar-refractivity contribution < 1.29 is 13.9 Å². The van der Waals surface area contributed by atoms with Gasteiger partial charge in [-0.1, -0.05) is 22.0 Å². The molecule has 0 bridgehead atoms. The maximum absolute atomic E-state index is 11.3. The van der Waals surface area contributed by atoms with E-state index in [0.717, 1.165) is 5.56 Å². The first-order valence-electron chi connectivity index (χ1n) is 5.59. The van der Waals surface area contributed by atoms with Gasteiger partial charge in [-0.05, 0) is 41.4 Å². The fourth-order valence-corrected chi connectivity index (χ4v) is 2.57. The number of anilines is 1. The van der Waals surface area contributed by atoms with E-state index in [2.05, 4.69) is 21.2 Å². The normalized spacial score (nSPS) is 15.4. The minimum absolute atomic E-state index is 0.0535. The van der Waals surface area contributed by atoms with Crippen LogP contribution in [-0.4, -0.2) is 12.5 Å². The van der Waals surface area contributed by atoms with Crippen molar-refractivity contribution in [2.45, 2.75) is 4.83 Å². The summed E-state index contributed by atoms with van der Waals surface area (Å²) < 4.78 is 10.7. The molecule has 3 rings (SSSR count). The molecule has 4 nitrogen and oxygen atoms in total. The van der Waals surface area contributed by atoms with Gasteiger partial charge in [-0.15, -0.1) is 0 Å². The van der Waals surface area contributed by atoms with E-state index in [1.54, 1.807) is 12.1 Å². The molecule has 0 spiro atoms. The molecular weight excluding hydrogens is 334 g/mol. The van der Waals surface area contributed by atoms with Crippen LogP contribution >= 0.6 is 27.5 Å². The van der Waals surface area contributed by atoms with Crippen LogP contribution in [0.5, 0.6) is 5.75 Å². The number of carbonyl (C=O) groups is 1. The van der Waals surface area contributed by atoms with E-state index in [1.807, 2.05) is 18.2 Å². The second-order valence-corrected chi connectivity index (χ2v) is 5.39. The Morgan fingerprint density at radius 1 is 1.32 bits per heavy atom. The number of amides is 1. The fourth-order valence-electron chi connectivity index (χ4n) is 1.89. The predicted octanol–water partition coefficient (Wildman–Crippen LogP) is 3.75. The minimum Gasteiger partial charge on any atom is -0.482 e. The lowest BCUT2D eigenvalue weighted by molar-refractivity contribution is -0.118. The predicted molar refractivity (Wildman–Crippen MR) is 75.1 cm³/mol. The molecule has 1 aliphatic heterocycles. The summed E-state index contributed by atoms with van der Waals surface area (Å²) in [7, 11) is 0. The van der Waals surface area contributed by atoms with E-state index < -0.39 is 0 Å². The number of rotatable bonds is 2. The zero-order valence-corrected chi connectivity index (χ0v) is 12.0. The number of hydrogen-bond donors (Lipinski definition) is 1. The molecule has 2 aromatic rings. The summed E-state index contributed by atoms with van der Waals surface area (Å²) >= 11 is 9.31. The molecule has 98 valence electrons. The van der Waals surface area contributed by atoms with Gasteiger partial charge >= 0.3 is 0 Å². The minimum atomic E-state index is -0.156. The highest BCUT2D eigenvalue weighted by molar-refractivity contribution is 9.09. The first-order valence-corrected chi connectivity index (χ1v) is 6.89. The van der Waals surface area contributed by atoms with Crippen LogP contribution in [0.25, 0.3) is 0 Å². The van der Waals surface area contributed by atoms with Crippen LogP contribution in [0.15, 0.2) is 34.7 Å². The summed E-state index contributed by atoms with van der Waals surface area (Å²) in [4.78, 5) is 11.2. The van der Waals surface area contributed by atoms with E-state index in [0.29, 0.717) is 22.4 Å². The van der Waals surface area contributed by atoms with E-state index in [4.69, 9.17) is 20.8 Å². The number of benzene rings is 1. The molecule has 19 heavy (non-hydrogen) atoms. The van der Waals surface area contributed by atoms with Crippen LogP contribution < -0.4 is 10.1 Å². The Morgan fingerprint density at radius 3 is 2.89 bits per heavy atom. The number of nitrogens with one attached hydrogen (secondary N) is 1. The van der Waals surface area contributed by atoms with Crippen LogP contribution in [0, 0.1) is 0 Å². The van der Waals surface area contributed by atoms with Crippen molar-refractivity contribution in [1.29, 1.82) is 0 Å². The Bertz CT molecular complexity index is 641. The van der Waals surface area contributed by atoms with Gasteiger partial charge in [0.2, 0.25) is 0 Å². The van der Waals surface area contributed by atoms with E-state index in [1.165, 1.54) is 0 Å². The van der Waals surface area contributed by atoms with Crippen LogP contribution in [0.3, 0.4) is 0 Å². The van der Waals surface area contributed by atoms with Crippen molar-refractivity contribution in [3.8, 4) is 5.75 Å². The van der Waals surface area contributed by atoms with Crippen LogP contribution in [0.4, 0.5) is 5.69 Å². The summed E-state index contributed by atoms with van der Waals surface area (Å²) in [5, 5.41) is 3.11. The number of fused-ring (bicyclic) bond motifs is 1. The lowest BCUT2D eigenvalue weighted by atomic mass is 10.1. The zero-order valence-electron chi connectivity index (χ0n) is 9.65. The molecule has 1 unspecified atom stereocenters. The monoisotopic (exact) mass is 341 g/mol. The average Bonchev–Trinajstić information content (AvgIpc) is 2.83. The van der Waals surface area contributed by atoms with E-state index >= 15 is 0 Å². The van der Waals surface area contributed by atoms with Crippen molar-refractivity contribution in [3.63, 3.8) is 0 Å². The summed E-state index contributed by atoms with van der Waals surface area (Å²) in [6.07, 6.45) is 0.